The molecule has 0 saturated carbocycles. The minimum atomic E-state index is -0.397. The molecule has 0 spiro atoms. The Morgan fingerprint density at radius 1 is 1.17 bits per heavy atom. The topological polar surface area (TPSA) is 30.9 Å². The Labute approximate surface area is 208 Å². The molecular weight excluding hydrogens is 442 g/mol. The van der Waals surface area contributed by atoms with Crippen LogP contribution >= 0.6 is 0 Å². The monoisotopic (exact) mass is 478 g/mol. The number of anilines is 2. The summed E-state index contributed by atoms with van der Waals surface area (Å²) in [6, 6.07) is 8.32. The van der Waals surface area contributed by atoms with Crippen molar-refractivity contribution in [2.75, 3.05) is 16.9 Å². The molecule has 0 amide bonds. The van der Waals surface area contributed by atoms with Gasteiger partial charge in [-0.1, -0.05) is 58.4 Å². The lowest BCUT2D eigenvalue weighted by Crippen LogP contribution is -2.32. The van der Waals surface area contributed by atoms with Gasteiger partial charge in [0, 0.05) is 24.2 Å². The maximum Gasteiger partial charge on any atom is 0.149 e. The van der Waals surface area contributed by atoms with Crippen molar-refractivity contribution in [3.8, 4) is 0 Å². The highest BCUT2D eigenvalue weighted by molar-refractivity contribution is 5.89. The zero-order valence-corrected chi connectivity index (χ0v) is 21.1. The van der Waals surface area contributed by atoms with Crippen LogP contribution < -0.4 is 10.3 Å². The lowest BCUT2D eigenvalue weighted by Gasteiger charge is -2.27. The molecule has 0 bridgehead atoms. The van der Waals surface area contributed by atoms with Crippen LogP contribution in [0.4, 0.5) is 20.2 Å². The van der Waals surface area contributed by atoms with Gasteiger partial charge < -0.3 is 10.2 Å². The summed E-state index contributed by atoms with van der Waals surface area (Å²) in [5.41, 5.74) is 3.66. The van der Waals surface area contributed by atoms with Gasteiger partial charge in [0.1, 0.15) is 29.0 Å². The molecule has 2 aromatic carbocycles. The SMILES string of the molecule is C=C(Nc1c(C)cccc1F)c1cc(F)c(N2N=C3CCCCN3C2=C)cc1CC(CC)CCC. The van der Waals surface area contributed by atoms with Crippen LogP contribution in [0.25, 0.3) is 5.70 Å². The standard InChI is InChI=1S/C29H36F2N4/c1-6-11-22(7-2)16-23-17-27(35-21(5)34-15-9-8-14-28(34)33-35)26(31)18-24(23)20(4)32-29-19(3)12-10-13-25(29)30/h10,12-13,17-18,22,32H,4-9,11,14-16H2,1-3H3. The maximum absolute atomic E-state index is 15.6. The second-order valence-corrected chi connectivity index (χ2v) is 9.62. The summed E-state index contributed by atoms with van der Waals surface area (Å²) in [5, 5.41) is 9.47. The van der Waals surface area contributed by atoms with E-state index in [9.17, 15) is 4.39 Å². The number of benzene rings is 2. The zero-order valence-electron chi connectivity index (χ0n) is 21.1. The van der Waals surface area contributed by atoms with E-state index in [1.807, 2.05) is 19.1 Å². The molecule has 186 valence electrons. The summed E-state index contributed by atoms with van der Waals surface area (Å²) in [5.74, 6) is 1.34. The fraction of sp³-hybridized carbons (Fsp3) is 0.414. The number of rotatable bonds is 9. The predicted octanol–water partition coefficient (Wildman–Crippen LogP) is 7.82. The Balaban J connectivity index is 1.73. The third-order valence-corrected chi connectivity index (χ3v) is 7.12. The van der Waals surface area contributed by atoms with Gasteiger partial charge in [-0.25, -0.2) is 13.8 Å². The van der Waals surface area contributed by atoms with Crippen molar-refractivity contribution in [3.63, 3.8) is 0 Å². The van der Waals surface area contributed by atoms with Crippen LogP contribution in [0, 0.1) is 24.5 Å². The van der Waals surface area contributed by atoms with Crippen LogP contribution in [0.2, 0.25) is 0 Å². The highest BCUT2D eigenvalue weighted by Gasteiger charge is 2.32. The van der Waals surface area contributed by atoms with Gasteiger partial charge in [-0.05, 0) is 61.4 Å². The average molecular weight is 479 g/mol. The van der Waals surface area contributed by atoms with E-state index in [-0.39, 0.29) is 5.82 Å². The van der Waals surface area contributed by atoms with E-state index in [0.717, 1.165) is 68.5 Å². The number of para-hydroxylation sites is 1. The molecule has 0 aliphatic carbocycles. The lowest BCUT2D eigenvalue weighted by atomic mass is 9.89. The molecule has 0 radical (unpaired) electrons. The first kappa shape index (κ1) is 25.0. The Morgan fingerprint density at radius 2 is 1.97 bits per heavy atom. The van der Waals surface area contributed by atoms with Crippen LogP contribution in [-0.4, -0.2) is 17.3 Å². The maximum atomic E-state index is 15.6. The number of nitrogens with one attached hydrogen (secondary N) is 1. The molecule has 2 aliphatic heterocycles. The Kier molecular flexibility index (Phi) is 7.58. The van der Waals surface area contributed by atoms with E-state index < -0.39 is 5.82 Å². The fourth-order valence-corrected chi connectivity index (χ4v) is 5.07. The summed E-state index contributed by atoms with van der Waals surface area (Å²) in [4.78, 5) is 2.09. The van der Waals surface area contributed by atoms with Crippen LogP contribution in [-0.2, 0) is 6.42 Å². The predicted molar refractivity (Wildman–Crippen MR) is 142 cm³/mol. The van der Waals surface area contributed by atoms with Crippen LogP contribution in [0.3, 0.4) is 0 Å². The van der Waals surface area contributed by atoms with E-state index in [1.54, 1.807) is 11.1 Å². The number of fused-ring (bicyclic) bond motifs is 1. The van der Waals surface area contributed by atoms with Crippen LogP contribution in [0.1, 0.15) is 69.1 Å². The third kappa shape index (κ3) is 5.12. The second-order valence-electron chi connectivity index (χ2n) is 9.62. The molecule has 1 atom stereocenters. The molecule has 1 saturated heterocycles. The number of halogens is 2. The molecule has 2 aliphatic rings. The van der Waals surface area contributed by atoms with Crippen molar-refractivity contribution in [2.45, 2.75) is 65.7 Å². The molecule has 2 heterocycles. The van der Waals surface area contributed by atoms with Crippen molar-refractivity contribution < 1.29 is 8.78 Å². The first-order chi connectivity index (χ1) is 16.8. The number of nitrogens with zero attached hydrogens (tertiary/aromatic N) is 3. The van der Waals surface area contributed by atoms with Gasteiger partial charge in [-0.2, -0.15) is 5.10 Å². The van der Waals surface area contributed by atoms with Crippen LogP contribution in [0.15, 0.2) is 54.4 Å². The van der Waals surface area contributed by atoms with Gasteiger partial charge in [-0.15, -0.1) is 0 Å². The number of hydrogen-bond acceptors (Lipinski definition) is 4. The molecule has 6 heteroatoms. The fourth-order valence-electron chi connectivity index (χ4n) is 5.07. The number of aryl methyl sites for hydroxylation is 1. The summed E-state index contributed by atoms with van der Waals surface area (Å²) in [6.07, 6.45) is 7.01. The molecule has 2 aromatic rings. The molecular formula is C29H36F2N4. The van der Waals surface area contributed by atoms with Crippen LogP contribution in [0.5, 0.6) is 0 Å². The third-order valence-electron chi connectivity index (χ3n) is 7.12. The minimum absolute atomic E-state index is 0.358. The average Bonchev–Trinajstić information content (AvgIpc) is 3.18. The first-order valence-electron chi connectivity index (χ1n) is 12.7. The quantitative estimate of drug-likeness (QED) is 0.399. The minimum Gasteiger partial charge on any atom is -0.353 e. The molecule has 4 nitrogen and oxygen atoms in total. The summed E-state index contributed by atoms with van der Waals surface area (Å²) in [6.45, 7) is 15.4. The molecule has 4 rings (SSSR count). The highest BCUT2D eigenvalue weighted by atomic mass is 19.1. The Morgan fingerprint density at radius 3 is 2.66 bits per heavy atom. The summed E-state index contributed by atoms with van der Waals surface area (Å²) >= 11 is 0. The van der Waals surface area contributed by atoms with Gasteiger partial charge in [-0.3, -0.25) is 0 Å². The van der Waals surface area contributed by atoms with Crippen molar-refractivity contribution in [2.24, 2.45) is 11.0 Å². The van der Waals surface area contributed by atoms with E-state index in [4.69, 9.17) is 5.10 Å². The summed E-state index contributed by atoms with van der Waals surface area (Å²) in [7, 11) is 0. The van der Waals surface area contributed by atoms with Crippen molar-refractivity contribution in [1.29, 1.82) is 0 Å². The van der Waals surface area contributed by atoms with Crippen molar-refractivity contribution in [1.82, 2.24) is 4.90 Å². The van der Waals surface area contributed by atoms with E-state index in [0.29, 0.717) is 34.4 Å². The van der Waals surface area contributed by atoms with Gasteiger partial charge >= 0.3 is 0 Å². The highest BCUT2D eigenvalue weighted by Crippen LogP contribution is 2.37. The Hall–Kier alpha value is -3.15. The Bertz CT molecular complexity index is 1130. The smallest absolute Gasteiger partial charge is 0.149 e. The van der Waals surface area contributed by atoms with Crippen molar-refractivity contribution in [3.05, 3.63) is 77.6 Å². The van der Waals surface area contributed by atoms with Gasteiger partial charge in [0.25, 0.3) is 0 Å². The second kappa shape index (κ2) is 10.6. The molecule has 35 heavy (non-hydrogen) atoms. The normalized spacial score (nSPS) is 16.3. The van der Waals surface area contributed by atoms with Gasteiger partial charge in [0.2, 0.25) is 0 Å². The number of hydrazone groups is 1. The largest absolute Gasteiger partial charge is 0.353 e. The van der Waals surface area contributed by atoms with E-state index in [2.05, 4.69) is 37.2 Å². The lowest BCUT2D eigenvalue weighted by molar-refractivity contribution is 0.453. The number of hydrogen-bond donors (Lipinski definition) is 1. The number of piperidine rings is 1. The van der Waals surface area contributed by atoms with Crippen molar-refractivity contribution >= 4 is 22.9 Å². The van der Waals surface area contributed by atoms with Gasteiger partial charge in [0.15, 0.2) is 0 Å². The van der Waals surface area contributed by atoms with Gasteiger partial charge in [0.05, 0.1) is 5.69 Å². The molecule has 1 fully saturated rings. The van der Waals surface area contributed by atoms with E-state index >= 15 is 4.39 Å². The van der Waals surface area contributed by atoms with E-state index in [1.165, 1.54) is 12.1 Å². The molecule has 0 aromatic heterocycles. The number of amidine groups is 1. The zero-order chi connectivity index (χ0) is 25.1. The first-order valence-corrected chi connectivity index (χ1v) is 12.7. The summed E-state index contributed by atoms with van der Waals surface area (Å²) < 4.78 is 30.2. The molecule has 1 N–H and O–H groups in total. The molecule has 1 unspecified atom stereocenters.